The number of nitrogens with one attached hydrogen (secondary N) is 1. The minimum Gasteiger partial charge on any atom is -0.302 e. The lowest BCUT2D eigenvalue weighted by Crippen LogP contribution is -2.32. The van der Waals surface area contributed by atoms with Gasteiger partial charge in [0.15, 0.2) is 5.78 Å². The summed E-state index contributed by atoms with van der Waals surface area (Å²) in [4.78, 5) is 21.8. The largest absolute Gasteiger partial charge is 0.302 e. The van der Waals surface area contributed by atoms with Crippen LogP contribution < -0.4 is 5.32 Å². The van der Waals surface area contributed by atoms with Crippen molar-refractivity contribution in [1.82, 2.24) is 5.32 Å². The van der Waals surface area contributed by atoms with E-state index in [2.05, 4.69) is 5.32 Å². The third-order valence-electron chi connectivity index (χ3n) is 1.88. The number of carbonyl (C=O) groups is 2. The van der Waals surface area contributed by atoms with Crippen LogP contribution in [-0.2, 0) is 4.79 Å². The number of rotatable bonds is 5. The normalized spacial score (nSPS) is 12.1. The van der Waals surface area contributed by atoms with Crippen LogP contribution in [0.1, 0.15) is 17.3 Å². The minimum absolute atomic E-state index is 0.000648. The predicted molar refractivity (Wildman–Crippen MR) is 54.3 cm³/mol. The Hall–Kier alpha value is -1.48. The van der Waals surface area contributed by atoms with Crippen LogP contribution in [0.15, 0.2) is 30.3 Å². The van der Waals surface area contributed by atoms with Gasteiger partial charge in [0, 0.05) is 5.56 Å². The molecule has 14 heavy (non-hydrogen) atoms. The van der Waals surface area contributed by atoms with Crippen LogP contribution in [0.4, 0.5) is 0 Å². The highest BCUT2D eigenvalue weighted by Gasteiger charge is 2.05. The molecule has 0 saturated carbocycles. The van der Waals surface area contributed by atoms with Gasteiger partial charge in [-0.05, 0) is 6.92 Å². The second kappa shape index (κ2) is 5.29. The van der Waals surface area contributed by atoms with Crippen molar-refractivity contribution in [2.24, 2.45) is 0 Å². The van der Waals surface area contributed by atoms with Gasteiger partial charge in [0.2, 0.25) is 0 Å². The van der Waals surface area contributed by atoms with E-state index >= 15 is 0 Å². The molecule has 1 atom stereocenters. The maximum Gasteiger partial charge on any atom is 0.176 e. The number of Topliss-reactive ketones (excluding diaryl/α,β-unsaturated/α-hetero) is 1. The van der Waals surface area contributed by atoms with Crippen molar-refractivity contribution < 1.29 is 9.59 Å². The highest BCUT2D eigenvalue weighted by Crippen LogP contribution is 1.98. The lowest BCUT2D eigenvalue weighted by Gasteiger charge is -2.05. The fourth-order valence-corrected chi connectivity index (χ4v) is 1.03. The van der Waals surface area contributed by atoms with Gasteiger partial charge in [-0.2, -0.15) is 0 Å². The molecule has 1 N–H and O–H groups in total. The van der Waals surface area contributed by atoms with Crippen molar-refractivity contribution in [1.29, 1.82) is 0 Å². The molecule has 1 unspecified atom stereocenters. The minimum atomic E-state index is -0.275. The molecule has 0 radical (unpaired) electrons. The summed E-state index contributed by atoms with van der Waals surface area (Å²) in [5.74, 6) is -0.000648. The van der Waals surface area contributed by atoms with Crippen molar-refractivity contribution in [3.63, 3.8) is 0 Å². The zero-order chi connectivity index (χ0) is 10.4. The van der Waals surface area contributed by atoms with E-state index in [1.807, 2.05) is 18.2 Å². The molecular weight excluding hydrogens is 178 g/mol. The summed E-state index contributed by atoms with van der Waals surface area (Å²) in [7, 11) is 0. The standard InChI is InChI=1S/C11H13NO2/c1-9(8-13)12-7-11(14)10-5-3-2-4-6-10/h2-6,8-9,12H,7H2,1H3. The van der Waals surface area contributed by atoms with E-state index < -0.39 is 0 Å². The van der Waals surface area contributed by atoms with Crippen molar-refractivity contribution in [2.75, 3.05) is 6.54 Å². The number of aldehydes is 1. The van der Waals surface area contributed by atoms with Crippen LogP contribution in [0.5, 0.6) is 0 Å². The molecule has 74 valence electrons. The Morgan fingerprint density at radius 3 is 2.64 bits per heavy atom. The van der Waals surface area contributed by atoms with Gasteiger partial charge in [-0.1, -0.05) is 30.3 Å². The molecule has 0 fully saturated rings. The average molecular weight is 191 g/mol. The van der Waals surface area contributed by atoms with Crippen LogP contribution >= 0.6 is 0 Å². The Morgan fingerprint density at radius 1 is 1.43 bits per heavy atom. The van der Waals surface area contributed by atoms with E-state index in [0.717, 1.165) is 6.29 Å². The maximum atomic E-state index is 11.5. The highest BCUT2D eigenvalue weighted by molar-refractivity contribution is 5.97. The fraction of sp³-hybridized carbons (Fsp3) is 0.273. The van der Waals surface area contributed by atoms with E-state index in [4.69, 9.17) is 0 Å². The molecule has 3 heteroatoms. The van der Waals surface area contributed by atoms with Crippen LogP contribution in [0.3, 0.4) is 0 Å². The summed E-state index contributed by atoms with van der Waals surface area (Å²) in [6.07, 6.45) is 0.776. The Bertz CT molecular complexity index is 308. The Labute approximate surface area is 83.1 Å². The molecule has 0 saturated heterocycles. The second-order valence-corrected chi connectivity index (χ2v) is 3.09. The van der Waals surface area contributed by atoms with Crippen molar-refractivity contribution in [3.8, 4) is 0 Å². The molecule has 0 amide bonds. The summed E-state index contributed by atoms with van der Waals surface area (Å²) in [6, 6.07) is 8.73. The molecule has 1 aromatic rings. The first-order valence-corrected chi connectivity index (χ1v) is 4.51. The Kier molecular flexibility index (Phi) is 4.01. The first kappa shape index (κ1) is 10.6. The summed E-state index contributed by atoms with van der Waals surface area (Å²) in [6.45, 7) is 1.91. The smallest absolute Gasteiger partial charge is 0.176 e. The van der Waals surface area contributed by atoms with Crippen LogP contribution in [-0.4, -0.2) is 24.7 Å². The van der Waals surface area contributed by atoms with Gasteiger partial charge >= 0.3 is 0 Å². The van der Waals surface area contributed by atoms with E-state index in [9.17, 15) is 9.59 Å². The maximum absolute atomic E-state index is 11.5. The molecular formula is C11H13NO2. The molecule has 1 aromatic carbocycles. The fourth-order valence-electron chi connectivity index (χ4n) is 1.03. The molecule has 0 bridgehead atoms. The lowest BCUT2D eigenvalue weighted by atomic mass is 10.1. The topological polar surface area (TPSA) is 46.2 Å². The quantitative estimate of drug-likeness (QED) is 0.559. The third kappa shape index (κ3) is 3.11. The number of hydrogen-bond acceptors (Lipinski definition) is 3. The van der Waals surface area contributed by atoms with Gasteiger partial charge in [0.05, 0.1) is 12.6 Å². The lowest BCUT2D eigenvalue weighted by molar-refractivity contribution is -0.109. The molecule has 0 aliphatic rings. The molecule has 0 spiro atoms. The SMILES string of the molecule is CC(C=O)NCC(=O)c1ccccc1. The van der Waals surface area contributed by atoms with E-state index in [-0.39, 0.29) is 18.4 Å². The van der Waals surface area contributed by atoms with Crippen molar-refractivity contribution in [2.45, 2.75) is 13.0 Å². The molecule has 0 aromatic heterocycles. The van der Waals surface area contributed by atoms with Crippen LogP contribution in [0.2, 0.25) is 0 Å². The first-order chi connectivity index (χ1) is 6.74. The summed E-state index contributed by atoms with van der Waals surface area (Å²) >= 11 is 0. The number of benzene rings is 1. The van der Waals surface area contributed by atoms with Gasteiger partial charge in [-0.15, -0.1) is 0 Å². The molecule has 0 aliphatic heterocycles. The number of carbonyl (C=O) groups excluding carboxylic acids is 2. The van der Waals surface area contributed by atoms with E-state index in [1.165, 1.54) is 0 Å². The van der Waals surface area contributed by atoms with Crippen molar-refractivity contribution >= 4 is 12.1 Å². The van der Waals surface area contributed by atoms with E-state index in [0.29, 0.717) is 5.56 Å². The van der Waals surface area contributed by atoms with Gasteiger partial charge in [-0.25, -0.2) is 0 Å². The third-order valence-corrected chi connectivity index (χ3v) is 1.88. The second-order valence-electron chi connectivity index (χ2n) is 3.09. The first-order valence-electron chi connectivity index (χ1n) is 4.51. The molecule has 1 rings (SSSR count). The summed E-state index contributed by atoms with van der Waals surface area (Å²) < 4.78 is 0. The van der Waals surface area contributed by atoms with Crippen LogP contribution in [0, 0.1) is 0 Å². The van der Waals surface area contributed by atoms with Gasteiger partial charge < -0.3 is 10.1 Å². The van der Waals surface area contributed by atoms with Gasteiger partial charge in [0.1, 0.15) is 6.29 Å². The Morgan fingerprint density at radius 2 is 2.07 bits per heavy atom. The van der Waals surface area contributed by atoms with E-state index in [1.54, 1.807) is 19.1 Å². The molecule has 3 nitrogen and oxygen atoms in total. The zero-order valence-electron chi connectivity index (χ0n) is 8.07. The molecule has 0 heterocycles. The Balaban J connectivity index is 2.47. The zero-order valence-corrected chi connectivity index (χ0v) is 8.07. The van der Waals surface area contributed by atoms with Gasteiger partial charge in [-0.3, -0.25) is 4.79 Å². The van der Waals surface area contributed by atoms with Gasteiger partial charge in [0.25, 0.3) is 0 Å². The summed E-state index contributed by atoms with van der Waals surface area (Å²) in [5, 5.41) is 2.81. The number of ketones is 1. The monoisotopic (exact) mass is 191 g/mol. The highest BCUT2D eigenvalue weighted by atomic mass is 16.1. The van der Waals surface area contributed by atoms with Crippen molar-refractivity contribution in [3.05, 3.63) is 35.9 Å². The number of hydrogen-bond donors (Lipinski definition) is 1. The predicted octanol–water partition coefficient (Wildman–Crippen LogP) is 1.05. The molecule has 0 aliphatic carbocycles. The van der Waals surface area contributed by atoms with Crippen LogP contribution in [0.25, 0.3) is 0 Å². The average Bonchev–Trinajstić information content (AvgIpc) is 2.26. The summed E-state index contributed by atoms with van der Waals surface area (Å²) in [5.41, 5.74) is 0.665.